The van der Waals surface area contributed by atoms with Crippen molar-refractivity contribution in [2.45, 2.75) is 5.41 Å². The molecule has 2 nitrogen and oxygen atoms in total. The number of rotatable bonds is 8. The molecule has 0 saturated heterocycles. The van der Waals surface area contributed by atoms with Crippen LogP contribution in [0.5, 0.6) is 0 Å². The van der Waals surface area contributed by atoms with Gasteiger partial charge in [0.15, 0.2) is 0 Å². The van der Waals surface area contributed by atoms with Crippen molar-refractivity contribution in [2.24, 2.45) is 0 Å². The maximum atomic E-state index is 2.49. The fourth-order valence-corrected chi connectivity index (χ4v) is 11.3. The number of hydrogen-bond donors (Lipinski definition) is 0. The molecule has 0 fully saturated rings. The van der Waals surface area contributed by atoms with E-state index in [4.69, 9.17) is 0 Å². The van der Waals surface area contributed by atoms with Gasteiger partial charge >= 0.3 is 0 Å². The summed E-state index contributed by atoms with van der Waals surface area (Å²) in [4.78, 5) is 2.49. The van der Waals surface area contributed by atoms with Gasteiger partial charge in [-0.05, 0) is 104 Å². The molecule has 1 aliphatic carbocycles. The number of para-hydroxylation sites is 3. The standard InChI is InChI=1S/C65H44N2/c1-3-23-48(24-4-1)65(49-25-5-2-6-26-49)58-34-13-9-32-57(58)64-59(65)35-19-39-63(64)66(51-27-17-22-47(44-51)53-33-18-21-45-20-7-8-28-52(45)53)50-42-40-46(41-43-50)54-29-10-14-36-60(54)67-61-37-15-11-30-55(61)56-31-12-16-38-62(56)67/h1-44H. The Kier molecular flexibility index (Phi) is 9.11. The van der Waals surface area contributed by atoms with E-state index in [9.17, 15) is 0 Å². The molecular formula is C65H44N2. The summed E-state index contributed by atoms with van der Waals surface area (Å²) in [5, 5.41) is 4.98. The molecule has 12 aromatic rings. The van der Waals surface area contributed by atoms with Crippen LogP contribution >= 0.6 is 0 Å². The maximum absolute atomic E-state index is 2.49. The van der Waals surface area contributed by atoms with E-state index in [1.165, 1.54) is 82.6 Å². The quantitative estimate of drug-likeness (QED) is 0.148. The molecule has 0 spiro atoms. The first-order valence-corrected chi connectivity index (χ1v) is 23.2. The van der Waals surface area contributed by atoms with Crippen molar-refractivity contribution in [3.05, 3.63) is 289 Å². The Labute approximate surface area is 390 Å². The Morgan fingerprint density at radius 3 is 1.60 bits per heavy atom. The lowest BCUT2D eigenvalue weighted by Gasteiger charge is -2.34. The monoisotopic (exact) mass is 852 g/mol. The number of anilines is 3. The normalized spacial score (nSPS) is 12.6. The van der Waals surface area contributed by atoms with Crippen LogP contribution in [0, 0.1) is 0 Å². The summed E-state index contributed by atoms with van der Waals surface area (Å²) in [6, 6.07) is 98.1. The molecule has 0 bridgehead atoms. The molecular weight excluding hydrogens is 809 g/mol. The number of fused-ring (bicyclic) bond motifs is 7. The Balaban J connectivity index is 1.03. The van der Waals surface area contributed by atoms with Crippen LogP contribution in [0.1, 0.15) is 22.3 Å². The fourth-order valence-electron chi connectivity index (χ4n) is 11.3. The van der Waals surface area contributed by atoms with Crippen molar-refractivity contribution in [2.75, 3.05) is 4.90 Å². The molecule has 13 rings (SSSR count). The van der Waals surface area contributed by atoms with Gasteiger partial charge in [-0.1, -0.05) is 218 Å². The highest BCUT2D eigenvalue weighted by Crippen LogP contribution is 2.59. The molecule has 0 atom stereocenters. The summed E-state index contributed by atoms with van der Waals surface area (Å²) in [7, 11) is 0. The number of nitrogens with zero attached hydrogens (tertiary/aromatic N) is 2. The van der Waals surface area contributed by atoms with Crippen LogP contribution < -0.4 is 4.90 Å². The summed E-state index contributed by atoms with van der Waals surface area (Å²) < 4.78 is 2.43. The third-order valence-electron chi connectivity index (χ3n) is 14.1. The van der Waals surface area contributed by atoms with Crippen LogP contribution in [0.4, 0.5) is 17.1 Å². The second-order valence-corrected chi connectivity index (χ2v) is 17.6. The lowest BCUT2D eigenvalue weighted by Crippen LogP contribution is -2.28. The Morgan fingerprint density at radius 2 is 0.866 bits per heavy atom. The molecule has 0 unspecified atom stereocenters. The first-order valence-electron chi connectivity index (χ1n) is 23.2. The van der Waals surface area contributed by atoms with E-state index in [0.29, 0.717) is 0 Å². The van der Waals surface area contributed by atoms with Gasteiger partial charge in [-0.3, -0.25) is 0 Å². The van der Waals surface area contributed by atoms with Crippen LogP contribution in [-0.4, -0.2) is 4.57 Å². The third-order valence-corrected chi connectivity index (χ3v) is 14.1. The van der Waals surface area contributed by atoms with Gasteiger partial charge < -0.3 is 9.47 Å². The van der Waals surface area contributed by atoms with Crippen LogP contribution in [0.15, 0.2) is 267 Å². The SMILES string of the molecule is c1ccc(C2(c3ccccc3)c3ccccc3-c3c(N(c4ccc(-c5ccccc5-n5c6ccccc6c6ccccc65)cc4)c4cccc(-c5cccc6ccccc56)c4)cccc32)cc1. The smallest absolute Gasteiger partial charge is 0.0714 e. The zero-order valence-electron chi connectivity index (χ0n) is 36.8. The predicted octanol–water partition coefficient (Wildman–Crippen LogP) is 17.1. The molecule has 11 aromatic carbocycles. The van der Waals surface area contributed by atoms with Crippen molar-refractivity contribution in [3.8, 4) is 39.1 Å². The van der Waals surface area contributed by atoms with Crippen LogP contribution in [-0.2, 0) is 5.41 Å². The summed E-state index contributed by atoms with van der Waals surface area (Å²) in [6.07, 6.45) is 0. The van der Waals surface area contributed by atoms with E-state index in [2.05, 4.69) is 276 Å². The lowest BCUT2D eigenvalue weighted by molar-refractivity contribution is 0.768. The second kappa shape index (κ2) is 15.8. The van der Waals surface area contributed by atoms with E-state index in [1.54, 1.807) is 0 Å². The molecule has 0 N–H and O–H groups in total. The molecule has 1 aromatic heterocycles. The average Bonchev–Trinajstić information content (AvgIpc) is 3.91. The van der Waals surface area contributed by atoms with Gasteiger partial charge in [0.05, 0.1) is 27.8 Å². The fraction of sp³-hybridized carbons (Fsp3) is 0.0154. The maximum Gasteiger partial charge on any atom is 0.0714 e. The van der Waals surface area contributed by atoms with Crippen molar-refractivity contribution < 1.29 is 0 Å². The van der Waals surface area contributed by atoms with E-state index in [0.717, 1.165) is 28.3 Å². The van der Waals surface area contributed by atoms with Crippen molar-refractivity contribution in [1.82, 2.24) is 4.57 Å². The van der Waals surface area contributed by atoms with Gasteiger partial charge in [0, 0.05) is 33.3 Å². The molecule has 0 saturated carbocycles. The highest BCUT2D eigenvalue weighted by atomic mass is 15.1. The molecule has 67 heavy (non-hydrogen) atoms. The highest BCUT2D eigenvalue weighted by molar-refractivity contribution is 6.10. The average molecular weight is 853 g/mol. The first kappa shape index (κ1) is 38.7. The summed E-state index contributed by atoms with van der Waals surface area (Å²) in [6.45, 7) is 0. The Hall–Kier alpha value is -8.72. The van der Waals surface area contributed by atoms with E-state index >= 15 is 0 Å². The van der Waals surface area contributed by atoms with Gasteiger partial charge in [-0.25, -0.2) is 0 Å². The molecule has 314 valence electrons. The Bertz CT molecular complexity index is 3710. The van der Waals surface area contributed by atoms with Crippen LogP contribution in [0.2, 0.25) is 0 Å². The van der Waals surface area contributed by atoms with Crippen molar-refractivity contribution >= 4 is 49.6 Å². The molecule has 0 radical (unpaired) electrons. The second-order valence-electron chi connectivity index (χ2n) is 17.6. The third kappa shape index (κ3) is 6.04. The molecule has 0 amide bonds. The minimum absolute atomic E-state index is 0.526. The van der Waals surface area contributed by atoms with Gasteiger partial charge in [-0.15, -0.1) is 0 Å². The molecule has 2 heteroatoms. The minimum Gasteiger partial charge on any atom is -0.310 e. The van der Waals surface area contributed by atoms with Crippen molar-refractivity contribution in [1.29, 1.82) is 0 Å². The van der Waals surface area contributed by atoms with E-state index in [-0.39, 0.29) is 0 Å². The van der Waals surface area contributed by atoms with Gasteiger partial charge in [0.25, 0.3) is 0 Å². The van der Waals surface area contributed by atoms with Gasteiger partial charge in [0.1, 0.15) is 0 Å². The molecule has 1 heterocycles. The predicted molar refractivity (Wildman–Crippen MR) is 281 cm³/mol. The molecule has 1 aliphatic rings. The van der Waals surface area contributed by atoms with E-state index < -0.39 is 5.41 Å². The zero-order chi connectivity index (χ0) is 44.3. The molecule has 0 aliphatic heterocycles. The van der Waals surface area contributed by atoms with Gasteiger partial charge in [0.2, 0.25) is 0 Å². The summed E-state index contributed by atoms with van der Waals surface area (Å²) in [5.74, 6) is 0. The highest BCUT2D eigenvalue weighted by Gasteiger charge is 2.47. The summed E-state index contributed by atoms with van der Waals surface area (Å²) in [5.41, 5.74) is 18.6. The van der Waals surface area contributed by atoms with Crippen LogP contribution in [0.25, 0.3) is 71.6 Å². The van der Waals surface area contributed by atoms with Gasteiger partial charge in [-0.2, -0.15) is 0 Å². The Morgan fingerprint density at radius 1 is 0.328 bits per heavy atom. The topological polar surface area (TPSA) is 8.17 Å². The summed E-state index contributed by atoms with van der Waals surface area (Å²) >= 11 is 0. The zero-order valence-corrected chi connectivity index (χ0v) is 36.8. The first-order chi connectivity index (χ1) is 33.3. The number of hydrogen-bond acceptors (Lipinski definition) is 1. The van der Waals surface area contributed by atoms with Crippen LogP contribution in [0.3, 0.4) is 0 Å². The number of aromatic nitrogens is 1. The lowest BCUT2D eigenvalue weighted by atomic mass is 9.68. The van der Waals surface area contributed by atoms with Crippen molar-refractivity contribution in [3.63, 3.8) is 0 Å². The minimum atomic E-state index is -0.526. The number of benzene rings is 11. The van der Waals surface area contributed by atoms with E-state index in [1.807, 2.05) is 0 Å². The largest absolute Gasteiger partial charge is 0.310 e.